The van der Waals surface area contributed by atoms with Crippen molar-refractivity contribution in [2.24, 2.45) is 0 Å². The van der Waals surface area contributed by atoms with E-state index in [4.69, 9.17) is 4.74 Å². The number of hydrogen-bond acceptors (Lipinski definition) is 4. The second kappa shape index (κ2) is 13.8. The van der Waals surface area contributed by atoms with Crippen molar-refractivity contribution in [3.63, 3.8) is 0 Å². The van der Waals surface area contributed by atoms with Gasteiger partial charge in [0.25, 0.3) is 0 Å². The van der Waals surface area contributed by atoms with Gasteiger partial charge in [-0.05, 0) is 48.6 Å². The van der Waals surface area contributed by atoms with Crippen molar-refractivity contribution in [2.75, 3.05) is 19.4 Å². The summed E-state index contributed by atoms with van der Waals surface area (Å²) in [6.07, 6.45) is 2.51. The van der Waals surface area contributed by atoms with Crippen LogP contribution in [0.15, 0.2) is 48.5 Å². The first-order valence-corrected chi connectivity index (χ1v) is 12.5. The number of unbranched alkanes of at least 4 members (excludes halogenated alkanes) is 1. The molecule has 0 heterocycles. The molecule has 2 aromatic carbocycles. The van der Waals surface area contributed by atoms with Gasteiger partial charge in [0.05, 0.1) is 12.9 Å². The van der Waals surface area contributed by atoms with Gasteiger partial charge in [-0.3, -0.25) is 9.59 Å². The van der Waals surface area contributed by atoms with E-state index in [-0.39, 0.29) is 11.8 Å². The molecule has 0 saturated heterocycles. The van der Waals surface area contributed by atoms with Crippen LogP contribution in [0, 0.1) is 6.92 Å². The fourth-order valence-electron chi connectivity index (χ4n) is 3.50. The number of nitrogens with one attached hydrogen (secondary N) is 1. The van der Waals surface area contributed by atoms with E-state index in [1.54, 1.807) is 23.8 Å². The lowest BCUT2D eigenvalue weighted by atomic mass is 10.1. The van der Waals surface area contributed by atoms with Gasteiger partial charge in [-0.1, -0.05) is 56.7 Å². The lowest BCUT2D eigenvalue weighted by Crippen LogP contribution is -2.49. The fourth-order valence-corrected chi connectivity index (χ4v) is 4.48. The molecule has 1 unspecified atom stereocenters. The average molecular weight is 457 g/mol. The molecular formula is C26H36N2O3S. The maximum Gasteiger partial charge on any atom is 0.242 e. The quantitative estimate of drug-likeness (QED) is 0.433. The van der Waals surface area contributed by atoms with Crippen LogP contribution in [0.4, 0.5) is 0 Å². The highest BCUT2D eigenvalue weighted by atomic mass is 32.2. The van der Waals surface area contributed by atoms with Crippen LogP contribution in [-0.2, 0) is 21.9 Å². The minimum Gasteiger partial charge on any atom is -0.497 e. The highest BCUT2D eigenvalue weighted by Crippen LogP contribution is 2.20. The molecule has 0 aliphatic heterocycles. The lowest BCUT2D eigenvalue weighted by Gasteiger charge is -2.30. The molecule has 0 spiro atoms. The van der Waals surface area contributed by atoms with E-state index >= 15 is 0 Å². The van der Waals surface area contributed by atoms with Crippen molar-refractivity contribution in [2.45, 2.75) is 58.4 Å². The summed E-state index contributed by atoms with van der Waals surface area (Å²) in [6.45, 7) is 7.14. The number of amides is 2. The van der Waals surface area contributed by atoms with E-state index in [1.165, 1.54) is 11.1 Å². The Labute approximate surface area is 196 Å². The van der Waals surface area contributed by atoms with Crippen LogP contribution in [-0.4, -0.2) is 42.2 Å². The van der Waals surface area contributed by atoms with Gasteiger partial charge in [-0.15, -0.1) is 11.8 Å². The molecule has 1 atom stereocenters. The third-order valence-electron chi connectivity index (χ3n) is 5.45. The first-order valence-electron chi connectivity index (χ1n) is 11.3. The number of methoxy groups -OCH3 is 1. The summed E-state index contributed by atoms with van der Waals surface area (Å²) in [6, 6.07) is 15.4. The van der Waals surface area contributed by atoms with Crippen molar-refractivity contribution < 1.29 is 14.3 Å². The minimum atomic E-state index is -0.496. The summed E-state index contributed by atoms with van der Waals surface area (Å²) in [5.41, 5.74) is 3.40. The number of nitrogens with zero attached hydrogens (tertiary/aromatic N) is 1. The predicted molar refractivity (Wildman–Crippen MR) is 133 cm³/mol. The smallest absolute Gasteiger partial charge is 0.242 e. The SMILES string of the molecule is CCCCNC(=O)C(CC)N(Cc1cccc(OC)c1)C(=O)CSCc1ccccc1C. The van der Waals surface area contributed by atoms with Crippen molar-refractivity contribution in [1.82, 2.24) is 10.2 Å². The lowest BCUT2D eigenvalue weighted by molar-refractivity contribution is -0.139. The van der Waals surface area contributed by atoms with E-state index < -0.39 is 6.04 Å². The van der Waals surface area contributed by atoms with Gasteiger partial charge < -0.3 is 15.0 Å². The molecule has 2 rings (SSSR count). The van der Waals surface area contributed by atoms with Gasteiger partial charge in [-0.2, -0.15) is 0 Å². The van der Waals surface area contributed by atoms with Crippen LogP contribution < -0.4 is 10.1 Å². The molecule has 0 aromatic heterocycles. The summed E-state index contributed by atoms with van der Waals surface area (Å²) >= 11 is 1.59. The fraction of sp³-hybridized carbons (Fsp3) is 0.462. The average Bonchev–Trinajstić information content (AvgIpc) is 2.80. The molecule has 0 saturated carbocycles. The Balaban J connectivity index is 2.14. The largest absolute Gasteiger partial charge is 0.497 e. The molecule has 1 N–H and O–H groups in total. The third-order valence-corrected chi connectivity index (χ3v) is 6.41. The van der Waals surface area contributed by atoms with Crippen LogP contribution >= 0.6 is 11.8 Å². The second-order valence-corrected chi connectivity index (χ2v) is 8.85. The molecule has 0 aliphatic rings. The first kappa shape index (κ1) is 25.8. The van der Waals surface area contributed by atoms with Crippen LogP contribution in [0.5, 0.6) is 5.75 Å². The summed E-state index contributed by atoms with van der Waals surface area (Å²) in [5, 5.41) is 3.00. The standard InChI is InChI=1S/C26H36N2O3S/c1-5-7-15-27-26(30)24(6-2)28(17-21-12-10-14-23(16-21)31-4)25(29)19-32-18-22-13-9-8-11-20(22)3/h8-14,16,24H,5-7,15,17-19H2,1-4H3,(H,27,30). The van der Waals surface area contributed by atoms with Gasteiger partial charge in [0.1, 0.15) is 11.8 Å². The molecule has 0 bridgehead atoms. The van der Waals surface area contributed by atoms with Crippen molar-refractivity contribution >= 4 is 23.6 Å². The van der Waals surface area contributed by atoms with Crippen LogP contribution in [0.3, 0.4) is 0 Å². The van der Waals surface area contributed by atoms with Gasteiger partial charge in [0, 0.05) is 18.8 Å². The zero-order valence-corrected chi connectivity index (χ0v) is 20.5. The second-order valence-electron chi connectivity index (χ2n) is 7.86. The number of carbonyl (C=O) groups is 2. The Morgan fingerprint density at radius 1 is 1.12 bits per heavy atom. The Morgan fingerprint density at radius 2 is 1.91 bits per heavy atom. The van der Waals surface area contributed by atoms with Crippen LogP contribution in [0.25, 0.3) is 0 Å². The Morgan fingerprint density at radius 3 is 2.59 bits per heavy atom. The third kappa shape index (κ3) is 7.90. The highest BCUT2D eigenvalue weighted by Gasteiger charge is 2.28. The number of thioether (sulfide) groups is 1. The van der Waals surface area contributed by atoms with E-state index in [9.17, 15) is 9.59 Å². The van der Waals surface area contributed by atoms with Gasteiger partial charge in [0.15, 0.2) is 0 Å². The van der Waals surface area contributed by atoms with E-state index in [0.717, 1.165) is 29.9 Å². The van der Waals surface area contributed by atoms with Gasteiger partial charge >= 0.3 is 0 Å². The normalized spacial score (nSPS) is 11.6. The van der Waals surface area contributed by atoms with Crippen molar-refractivity contribution in [3.8, 4) is 5.75 Å². The Bertz CT molecular complexity index is 872. The molecule has 2 aromatic rings. The van der Waals surface area contributed by atoms with E-state index in [1.807, 2.05) is 43.3 Å². The molecule has 0 aliphatic carbocycles. The molecule has 32 heavy (non-hydrogen) atoms. The first-order chi connectivity index (χ1) is 15.5. The molecule has 5 nitrogen and oxygen atoms in total. The topological polar surface area (TPSA) is 58.6 Å². The van der Waals surface area contributed by atoms with Gasteiger partial charge in [-0.25, -0.2) is 0 Å². The van der Waals surface area contributed by atoms with Crippen LogP contribution in [0.2, 0.25) is 0 Å². The monoisotopic (exact) mass is 456 g/mol. The summed E-state index contributed by atoms with van der Waals surface area (Å²) in [5.74, 6) is 1.73. The number of hydrogen-bond donors (Lipinski definition) is 1. The summed E-state index contributed by atoms with van der Waals surface area (Å²) in [4.78, 5) is 27.9. The molecular weight excluding hydrogens is 420 g/mol. The molecule has 6 heteroatoms. The molecule has 174 valence electrons. The van der Waals surface area contributed by atoms with E-state index in [2.05, 4.69) is 31.3 Å². The summed E-state index contributed by atoms with van der Waals surface area (Å²) < 4.78 is 5.33. The maximum atomic E-state index is 13.3. The molecule has 2 amide bonds. The Hall–Kier alpha value is -2.47. The summed E-state index contributed by atoms with van der Waals surface area (Å²) in [7, 11) is 1.63. The highest BCUT2D eigenvalue weighted by molar-refractivity contribution is 7.99. The zero-order chi connectivity index (χ0) is 23.3. The predicted octanol–water partition coefficient (Wildman–Crippen LogP) is 4.96. The van der Waals surface area contributed by atoms with Crippen molar-refractivity contribution in [1.29, 1.82) is 0 Å². The Kier molecular flexibility index (Phi) is 11.2. The zero-order valence-electron chi connectivity index (χ0n) is 19.7. The maximum absolute atomic E-state index is 13.3. The number of aryl methyl sites for hydroxylation is 1. The number of benzene rings is 2. The van der Waals surface area contributed by atoms with Crippen molar-refractivity contribution in [3.05, 3.63) is 65.2 Å². The number of rotatable bonds is 13. The van der Waals surface area contributed by atoms with Gasteiger partial charge in [0.2, 0.25) is 11.8 Å². The number of carbonyl (C=O) groups excluding carboxylic acids is 2. The minimum absolute atomic E-state index is 0.0242. The number of ether oxygens (including phenoxy) is 1. The van der Waals surface area contributed by atoms with E-state index in [0.29, 0.717) is 25.3 Å². The molecule has 0 fully saturated rings. The van der Waals surface area contributed by atoms with Crippen LogP contribution in [0.1, 0.15) is 49.8 Å². The molecule has 0 radical (unpaired) electrons.